The average Bonchev–Trinajstić information content (AvgIpc) is 3.37. The van der Waals surface area contributed by atoms with Crippen LogP contribution in [-0.2, 0) is 14.3 Å². The van der Waals surface area contributed by atoms with E-state index in [9.17, 15) is 4.79 Å². The normalized spacial score (nSPS) is 20.6. The summed E-state index contributed by atoms with van der Waals surface area (Å²) in [5.74, 6) is 0.516. The van der Waals surface area contributed by atoms with Crippen LogP contribution in [0.4, 0.5) is 5.69 Å². The average molecular weight is 550 g/mol. The summed E-state index contributed by atoms with van der Waals surface area (Å²) >= 11 is 0. The van der Waals surface area contributed by atoms with Crippen LogP contribution in [0.1, 0.15) is 30.1 Å². The fourth-order valence-electron chi connectivity index (χ4n) is 4.65. The van der Waals surface area contributed by atoms with E-state index in [1.54, 1.807) is 54.6 Å². The van der Waals surface area contributed by atoms with E-state index in [2.05, 4.69) is 32.4 Å². The number of aliphatic hydroxyl groups is 1. The van der Waals surface area contributed by atoms with Gasteiger partial charge in [0.1, 0.15) is 5.75 Å². The Hall–Kier alpha value is -3.93. The number of nitrogens with zero attached hydrogens (tertiary/aromatic N) is 5. The molecule has 2 heterocycles. The summed E-state index contributed by atoms with van der Waals surface area (Å²) in [5.41, 5.74) is 15.1. The molecule has 12 heteroatoms. The van der Waals surface area contributed by atoms with Crippen molar-refractivity contribution in [2.45, 2.75) is 24.5 Å². The minimum atomic E-state index is -1.42. The van der Waals surface area contributed by atoms with Crippen LogP contribution in [-0.4, -0.2) is 80.0 Å². The maximum absolute atomic E-state index is 13.9. The number of ether oxygens (including phenoxy) is 3. The number of morpholine rings is 1. The van der Waals surface area contributed by atoms with E-state index in [4.69, 9.17) is 29.8 Å². The predicted molar refractivity (Wildman–Crippen MR) is 150 cm³/mol. The number of azide groups is 1. The molecule has 1 amide bonds. The zero-order valence-corrected chi connectivity index (χ0v) is 22.4. The molecule has 12 nitrogen and oxygen atoms in total. The van der Waals surface area contributed by atoms with Crippen LogP contribution in [0.2, 0.25) is 0 Å². The highest BCUT2D eigenvalue weighted by Gasteiger charge is 2.53. The summed E-state index contributed by atoms with van der Waals surface area (Å²) in [4.78, 5) is 23.9. The molecule has 4 rings (SSSR count). The van der Waals surface area contributed by atoms with Gasteiger partial charge in [0.25, 0.3) is 5.91 Å². The highest BCUT2D eigenvalue weighted by Crippen LogP contribution is 2.45. The van der Waals surface area contributed by atoms with Crippen molar-refractivity contribution in [2.24, 2.45) is 10.1 Å². The zero-order valence-electron chi connectivity index (χ0n) is 22.4. The molecule has 212 valence electrons. The number of carbonyl (C=O) groups excluding carboxylic acids is 1. The molecule has 2 aromatic carbocycles. The van der Waals surface area contributed by atoms with Crippen LogP contribution in [0.5, 0.6) is 5.75 Å². The van der Waals surface area contributed by atoms with Crippen molar-refractivity contribution in [2.75, 3.05) is 52.6 Å². The van der Waals surface area contributed by atoms with Gasteiger partial charge in [0, 0.05) is 67.4 Å². The van der Waals surface area contributed by atoms with Gasteiger partial charge in [0.2, 0.25) is 5.90 Å². The molecule has 0 aromatic heterocycles. The summed E-state index contributed by atoms with van der Waals surface area (Å²) < 4.78 is 17.4. The first-order valence-corrected chi connectivity index (χ1v) is 13.3. The fraction of sp³-hybridized carbons (Fsp3) is 0.429. The standard InChI is InChI=1S/C28H35N7O5/c1-2-12-28(27(37)33-30-13-14-35-15-19-38-20-16-35)25(23-6-3-4-7-24(23)32-34-29)40-26(31-28)21-8-10-22(11-9-21)39-18-5-17-36/h2-4,6-11,25,30,36H,1,5,12-20H2,(H,33,37)/t25-,28-/m0/s1. The van der Waals surface area contributed by atoms with E-state index in [-0.39, 0.29) is 18.9 Å². The molecule has 0 aliphatic carbocycles. The van der Waals surface area contributed by atoms with Crippen molar-refractivity contribution in [3.8, 4) is 5.75 Å². The molecular formula is C28H35N7O5. The van der Waals surface area contributed by atoms with E-state index < -0.39 is 17.6 Å². The highest BCUT2D eigenvalue weighted by atomic mass is 16.5. The van der Waals surface area contributed by atoms with E-state index in [0.717, 1.165) is 19.6 Å². The van der Waals surface area contributed by atoms with Gasteiger partial charge in [-0.3, -0.25) is 15.1 Å². The second-order valence-electron chi connectivity index (χ2n) is 9.37. The number of amides is 1. The van der Waals surface area contributed by atoms with Crippen molar-refractivity contribution in [1.82, 2.24) is 15.8 Å². The van der Waals surface area contributed by atoms with Crippen molar-refractivity contribution in [1.29, 1.82) is 0 Å². The zero-order chi connectivity index (χ0) is 28.2. The van der Waals surface area contributed by atoms with E-state index in [1.807, 2.05) is 0 Å². The van der Waals surface area contributed by atoms with Gasteiger partial charge in [-0.05, 0) is 29.8 Å². The van der Waals surface area contributed by atoms with Crippen LogP contribution < -0.4 is 15.6 Å². The lowest BCUT2D eigenvalue weighted by Crippen LogP contribution is -2.53. The molecule has 1 fully saturated rings. The minimum Gasteiger partial charge on any atom is -0.494 e. The summed E-state index contributed by atoms with van der Waals surface area (Å²) in [6.07, 6.45) is 1.45. The number of rotatable bonds is 14. The number of aliphatic imine (C=N–C) groups is 1. The first-order chi connectivity index (χ1) is 19.6. The first kappa shape index (κ1) is 29.1. The van der Waals surface area contributed by atoms with Crippen LogP contribution in [0.15, 0.2) is 71.3 Å². The summed E-state index contributed by atoms with van der Waals surface area (Å²) in [5, 5.41) is 12.8. The Balaban J connectivity index is 1.60. The maximum Gasteiger partial charge on any atom is 0.266 e. The summed E-state index contributed by atoms with van der Waals surface area (Å²) in [7, 11) is 0. The molecule has 2 aliphatic rings. The third-order valence-corrected chi connectivity index (χ3v) is 6.72. The lowest BCUT2D eigenvalue weighted by atomic mass is 9.84. The monoisotopic (exact) mass is 549 g/mol. The van der Waals surface area contributed by atoms with E-state index in [1.165, 1.54) is 0 Å². The number of carbonyl (C=O) groups is 1. The molecule has 40 heavy (non-hydrogen) atoms. The van der Waals surface area contributed by atoms with Gasteiger partial charge in [-0.2, -0.15) is 0 Å². The number of hydrazine groups is 1. The minimum absolute atomic E-state index is 0.0525. The van der Waals surface area contributed by atoms with Crippen LogP contribution in [0.3, 0.4) is 0 Å². The highest BCUT2D eigenvalue weighted by molar-refractivity contribution is 6.01. The first-order valence-electron chi connectivity index (χ1n) is 13.3. The Morgan fingerprint density at radius 3 is 2.77 bits per heavy atom. The summed E-state index contributed by atoms with van der Waals surface area (Å²) in [6.45, 7) is 8.71. The molecule has 1 saturated heterocycles. The third kappa shape index (κ3) is 6.98. The van der Waals surface area contributed by atoms with Crippen molar-refractivity contribution < 1.29 is 24.1 Å². The van der Waals surface area contributed by atoms with Gasteiger partial charge in [-0.25, -0.2) is 10.4 Å². The number of benzene rings is 2. The Labute approximate surface area is 233 Å². The number of nitrogens with one attached hydrogen (secondary N) is 2. The topological polar surface area (TPSA) is 153 Å². The van der Waals surface area contributed by atoms with Gasteiger partial charge >= 0.3 is 0 Å². The Bertz CT molecular complexity index is 1230. The second kappa shape index (κ2) is 14.5. The Kier molecular flexibility index (Phi) is 10.5. The Morgan fingerprint density at radius 1 is 1.27 bits per heavy atom. The van der Waals surface area contributed by atoms with Gasteiger partial charge < -0.3 is 19.3 Å². The molecule has 0 saturated carbocycles. The quantitative estimate of drug-likeness (QED) is 0.0817. The van der Waals surface area contributed by atoms with Gasteiger partial charge in [-0.15, -0.1) is 6.58 Å². The molecule has 0 spiro atoms. The summed E-state index contributed by atoms with van der Waals surface area (Å²) in [6, 6.07) is 14.1. The predicted octanol–water partition coefficient (Wildman–Crippen LogP) is 3.18. The largest absolute Gasteiger partial charge is 0.494 e. The Morgan fingerprint density at radius 2 is 2.05 bits per heavy atom. The van der Waals surface area contributed by atoms with Crippen LogP contribution in [0, 0.1) is 0 Å². The molecule has 0 bridgehead atoms. The molecule has 2 atom stereocenters. The van der Waals surface area contributed by atoms with Crippen LogP contribution >= 0.6 is 0 Å². The molecular weight excluding hydrogens is 514 g/mol. The van der Waals surface area contributed by atoms with Crippen molar-refractivity contribution in [3.63, 3.8) is 0 Å². The lowest BCUT2D eigenvalue weighted by Gasteiger charge is -2.31. The molecule has 2 aromatic rings. The fourth-order valence-corrected chi connectivity index (χ4v) is 4.65. The molecule has 2 aliphatic heterocycles. The number of aliphatic hydroxyl groups excluding tert-OH is 1. The van der Waals surface area contributed by atoms with E-state index in [0.29, 0.717) is 55.4 Å². The van der Waals surface area contributed by atoms with Crippen molar-refractivity contribution >= 4 is 17.5 Å². The lowest BCUT2D eigenvalue weighted by molar-refractivity contribution is -0.129. The van der Waals surface area contributed by atoms with Crippen molar-refractivity contribution in [3.05, 3.63) is 82.8 Å². The molecule has 0 radical (unpaired) electrons. The number of hydrogen-bond donors (Lipinski definition) is 3. The SMILES string of the molecule is C=CC[C@]1(C(=O)NNCCN2CCOCC2)N=C(c2ccc(OCCCO)cc2)O[C@H]1c1ccccc1N=[N+]=[N-]. The van der Waals surface area contributed by atoms with Gasteiger partial charge in [0.15, 0.2) is 11.6 Å². The smallest absolute Gasteiger partial charge is 0.266 e. The van der Waals surface area contributed by atoms with E-state index >= 15 is 0 Å². The van der Waals surface area contributed by atoms with Gasteiger partial charge in [-0.1, -0.05) is 35.5 Å². The third-order valence-electron chi connectivity index (χ3n) is 6.72. The second-order valence-corrected chi connectivity index (χ2v) is 9.37. The maximum atomic E-state index is 13.9. The molecule has 3 N–H and O–H groups in total. The van der Waals surface area contributed by atoms with Crippen LogP contribution in [0.25, 0.3) is 10.4 Å². The number of hydrogen-bond acceptors (Lipinski definition) is 9. The molecule has 0 unspecified atom stereocenters. The van der Waals surface area contributed by atoms with Gasteiger partial charge in [0.05, 0.1) is 19.8 Å².